The largest absolute Gasteiger partial charge is 0.464 e. The summed E-state index contributed by atoms with van der Waals surface area (Å²) in [5, 5.41) is 0. The van der Waals surface area contributed by atoms with Gasteiger partial charge in [-0.15, -0.1) is 0 Å². The maximum Gasteiger partial charge on any atom is 0.328 e. The summed E-state index contributed by atoms with van der Waals surface area (Å²) in [5.74, 6) is -0.244. The number of carbonyl (C=O) groups is 2. The molecule has 1 aliphatic rings. The van der Waals surface area contributed by atoms with Crippen LogP contribution in [0, 0.1) is 20.8 Å². The number of esters is 1. The van der Waals surface area contributed by atoms with Crippen LogP contribution in [0.5, 0.6) is 0 Å². The summed E-state index contributed by atoms with van der Waals surface area (Å²) in [4.78, 5) is 26.6. The number of benzene rings is 1. The number of piperidine rings is 1. The van der Waals surface area contributed by atoms with Crippen LogP contribution in [0.3, 0.4) is 0 Å². The Hall–Kier alpha value is -1.84. The van der Waals surface area contributed by atoms with Crippen molar-refractivity contribution in [2.45, 2.75) is 59.4 Å². The quantitative estimate of drug-likeness (QED) is 0.802. The van der Waals surface area contributed by atoms with Gasteiger partial charge < -0.3 is 9.64 Å². The van der Waals surface area contributed by atoms with Gasteiger partial charge in [-0.05, 0) is 69.2 Å². The third-order valence-electron chi connectivity index (χ3n) is 4.68. The third-order valence-corrected chi connectivity index (χ3v) is 4.68. The van der Waals surface area contributed by atoms with E-state index in [0.29, 0.717) is 26.0 Å². The molecule has 0 aromatic heterocycles. The van der Waals surface area contributed by atoms with Crippen LogP contribution in [0.2, 0.25) is 0 Å². The highest BCUT2D eigenvalue weighted by molar-refractivity contribution is 5.86. The molecule has 0 spiro atoms. The van der Waals surface area contributed by atoms with Crippen LogP contribution in [0.4, 0.5) is 0 Å². The molecule has 4 heteroatoms. The summed E-state index contributed by atoms with van der Waals surface area (Å²) in [6.07, 6.45) is 2.98. The smallest absolute Gasteiger partial charge is 0.328 e. The van der Waals surface area contributed by atoms with E-state index >= 15 is 0 Å². The molecule has 2 rings (SSSR count). The van der Waals surface area contributed by atoms with Gasteiger partial charge in [-0.3, -0.25) is 4.79 Å². The van der Waals surface area contributed by atoms with Crippen LogP contribution >= 0.6 is 0 Å². The molecule has 1 aromatic carbocycles. The predicted molar refractivity (Wildman–Crippen MR) is 90.3 cm³/mol. The van der Waals surface area contributed by atoms with Crippen molar-refractivity contribution in [1.29, 1.82) is 0 Å². The van der Waals surface area contributed by atoms with Crippen molar-refractivity contribution >= 4 is 11.9 Å². The van der Waals surface area contributed by atoms with Crippen molar-refractivity contribution in [1.82, 2.24) is 4.90 Å². The predicted octanol–water partition coefficient (Wildman–Crippen LogP) is 3.10. The minimum absolute atomic E-state index is 0.0223. The summed E-state index contributed by atoms with van der Waals surface area (Å²) < 4.78 is 5.14. The number of amides is 1. The average Bonchev–Trinajstić information content (AvgIpc) is 2.52. The number of hydrogen-bond donors (Lipinski definition) is 0. The molecule has 0 radical (unpaired) electrons. The lowest BCUT2D eigenvalue weighted by Gasteiger charge is -2.34. The van der Waals surface area contributed by atoms with Crippen LogP contribution in [-0.2, 0) is 20.7 Å². The van der Waals surface area contributed by atoms with Crippen molar-refractivity contribution in [3.63, 3.8) is 0 Å². The standard InChI is InChI=1S/C19H27NO3/c1-5-23-19(22)17-8-6-7-9-20(17)18(21)12-16-11-14(3)13(2)10-15(16)4/h10-11,17H,5-9,12H2,1-4H3. The Bertz CT molecular complexity index is 595. The zero-order chi connectivity index (χ0) is 17.0. The van der Waals surface area contributed by atoms with E-state index in [-0.39, 0.29) is 11.9 Å². The van der Waals surface area contributed by atoms with Crippen LogP contribution < -0.4 is 0 Å². The molecule has 1 aliphatic heterocycles. The van der Waals surface area contributed by atoms with Crippen molar-refractivity contribution < 1.29 is 14.3 Å². The summed E-state index contributed by atoms with van der Waals surface area (Å²) in [6, 6.07) is 3.80. The van der Waals surface area contributed by atoms with Crippen LogP contribution in [-0.4, -0.2) is 36.0 Å². The molecule has 0 bridgehead atoms. The van der Waals surface area contributed by atoms with Gasteiger partial charge in [0.2, 0.25) is 5.91 Å². The van der Waals surface area contributed by atoms with E-state index < -0.39 is 6.04 Å². The fourth-order valence-corrected chi connectivity index (χ4v) is 3.19. The van der Waals surface area contributed by atoms with E-state index in [9.17, 15) is 9.59 Å². The Morgan fingerprint density at radius 3 is 2.52 bits per heavy atom. The first-order valence-corrected chi connectivity index (χ1v) is 8.46. The number of aryl methyl sites for hydroxylation is 3. The Balaban J connectivity index is 2.14. The first kappa shape index (κ1) is 17.5. The summed E-state index contributed by atoms with van der Waals surface area (Å²) in [7, 11) is 0. The van der Waals surface area contributed by atoms with Gasteiger partial charge in [0.25, 0.3) is 0 Å². The Morgan fingerprint density at radius 2 is 1.83 bits per heavy atom. The molecule has 4 nitrogen and oxygen atoms in total. The van der Waals surface area contributed by atoms with Gasteiger partial charge in [-0.2, -0.15) is 0 Å². The number of rotatable bonds is 4. The van der Waals surface area contributed by atoms with Crippen LogP contribution in [0.15, 0.2) is 12.1 Å². The third kappa shape index (κ3) is 4.12. The summed E-state index contributed by atoms with van der Waals surface area (Å²) in [5.41, 5.74) is 4.61. The van der Waals surface area contributed by atoms with Gasteiger partial charge in [-0.25, -0.2) is 4.79 Å². The zero-order valence-electron chi connectivity index (χ0n) is 14.6. The lowest BCUT2D eigenvalue weighted by Crippen LogP contribution is -2.49. The monoisotopic (exact) mass is 317 g/mol. The molecule has 1 heterocycles. The second-order valence-corrected chi connectivity index (χ2v) is 6.39. The minimum atomic E-state index is -0.414. The zero-order valence-corrected chi connectivity index (χ0v) is 14.6. The Kier molecular flexibility index (Phi) is 5.80. The normalized spacial score (nSPS) is 17.9. The van der Waals surface area contributed by atoms with Crippen LogP contribution in [0.1, 0.15) is 48.4 Å². The highest BCUT2D eigenvalue weighted by Gasteiger charge is 2.33. The Labute approximate surface area is 138 Å². The first-order chi connectivity index (χ1) is 10.9. The fraction of sp³-hybridized carbons (Fsp3) is 0.579. The number of nitrogens with zero attached hydrogens (tertiary/aromatic N) is 1. The molecule has 1 amide bonds. The van der Waals surface area contributed by atoms with Crippen molar-refractivity contribution in [2.75, 3.05) is 13.2 Å². The van der Waals surface area contributed by atoms with E-state index in [1.54, 1.807) is 11.8 Å². The molecule has 1 aromatic rings. The van der Waals surface area contributed by atoms with Gasteiger partial charge in [0.1, 0.15) is 6.04 Å². The molecular formula is C19H27NO3. The molecule has 1 fully saturated rings. The molecule has 23 heavy (non-hydrogen) atoms. The topological polar surface area (TPSA) is 46.6 Å². The van der Waals surface area contributed by atoms with E-state index in [4.69, 9.17) is 4.74 Å². The molecule has 1 atom stereocenters. The molecule has 1 saturated heterocycles. The van der Waals surface area contributed by atoms with Gasteiger partial charge in [0.15, 0.2) is 0 Å². The molecule has 1 unspecified atom stereocenters. The molecule has 126 valence electrons. The van der Waals surface area contributed by atoms with Crippen molar-refractivity contribution in [3.05, 3.63) is 34.4 Å². The fourth-order valence-electron chi connectivity index (χ4n) is 3.19. The summed E-state index contributed by atoms with van der Waals surface area (Å²) in [6.45, 7) is 8.97. The number of carbonyl (C=O) groups excluding carboxylic acids is 2. The summed E-state index contributed by atoms with van der Waals surface area (Å²) >= 11 is 0. The second kappa shape index (κ2) is 7.62. The average molecular weight is 317 g/mol. The lowest BCUT2D eigenvalue weighted by atomic mass is 9.96. The maximum atomic E-state index is 12.8. The van der Waals surface area contributed by atoms with E-state index in [0.717, 1.165) is 24.0 Å². The van der Waals surface area contributed by atoms with Gasteiger partial charge in [0, 0.05) is 6.54 Å². The highest BCUT2D eigenvalue weighted by Crippen LogP contribution is 2.21. The highest BCUT2D eigenvalue weighted by atomic mass is 16.5. The number of likely N-dealkylation sites (tertiary alicyclic amines) is 1. The van der Waals surface area contributed by atoms with E-state index in [1.165, 1.54) is 11.1 Å². The molecule has 0 saturated carbocycles. The van der Waals surface area contributed by atoms with Gasteiger partial charge in [0.05, 0.1) is 13.0 Å². The molecule has 0 aliphatic carbocycles. The molecule has 0 N–H and O–H groups in total. The first-order valence-electron chi connectivity index (χ1n) is 8.46. The Morgan fingerprint density at radius 1 is 1.13 bits per heavy atom. The van der Waals surface area contributed by atoms with Crippen molar-refractivity contribution in [2.24, 2.45) is 0 Å². The minimum Gasteiger partial charge on any atom is -0.464 e. The second-order valence-electron chi connectivity index (χ2n) is 6.39. The molecular weight excluding hydrogens is 290 g/mol. The van der Waals surface area contributed by atoms with Gasteiger partial charge >= 0.3 is 5.97 Å². The number of ether oxygens (including phenoxy) is 1. The SMILES string of the molecule is CCOC(=O)C1CCCCN1C(=O)Cc1cc(C)c(C)cc1C. The number of hydrogen-bond acceptors (Lipinski definition) is 3. The van der Waals surface area contributed by atoms with E-state index in [2.05, 4.69) is 26.0 Å². The maximum absolute atomic E-state index is 12.8. The van der Waals surface area contributed by atoms with Crippen LogP contribution in [0.25, 0.3) is 0 Å². The van der Waals surface area contributed by atoms with E-state index in [1.807, 2.05) is 6.92 Å². The lowest BCUT2D eigenvalue weighted by molar-refractivity contribution is -0.156. The van der Waals surface area contributed by atoms with Crippen molar-refractivity contribution in [3.8, 4) is 0 Å². The van der Waals surface area contributed by atoms with Gasteiger partial charge in [-0.1, -0.05) is 12.1 Å².